The molecule has 4 fully saturated rings. The van der Waals surface area contributed by atoms with Gasteiger partial charge in [0.2, 0.25) is 12.2 Å². The van der Waals surface area contributed by atoms with E-state index >= 15 is 0 Å². The largest absolute Gasteiger partial charge is 0.463 e. The van der Waals surface area contributed by atoms with Crippen LogP contribution in [0.2, 0.25) is 0 Å². The van der Waals surface area contributed by atoms with Gasteiger partial charge in [0.1, 0.15) is 43.7 Å². The molecule has 4 aliphatic heterocycles. The number of hydrogen-bond acceptors (Lipinski definition) is 30. The molecule has 0 amide bonds. The highest BCUT2D eigenvalue weighted by Gasteiger charge is 2.61. The van der Waals surface area contributed by atoms with Crippen LogP contribution in [0.5, 0.6) is 0 Å². The summed E-state index contributed by atoms with van der Waals surface area (Å²) in [5, 5.41) is 12.3. The van der Waals surface area contributed by atoms with E-state index in [0.717, 1.165) is 69.2 Å². The third-order valence-electron chi connectivity index (χ3n) is 11.5. The topological polar surface area (TPSA) is 409 Å². The fourth-order valence-corrected chi connectivity index (χ4v) is 8.89. The molecule has 10 unspecified atom stereocenters. The van der Waals surface area contributed by atoms with Gasteiger partial charge in [-0.3, -0.25) is 53.4 Å². The molecule has 4 saturated heterocycles. The van der Waals surface area contributed by atoms with Gasteiger partial charge in [-0.1, -0.05) is 39.9 Å². The Kier molecular flexibility index (Phi) is 24.9. The van der Waals surface area contributed by atoms with Crippen LogP contribution in [0, 0.1) is 5.41 Å². The number of nitrogens with zero attached hydrogens (tertiary/aromatic N) is 3. The van der Waals surface area contributed by atoms with Crippen molar-refractivity contribution in [3.8, 4) is 0 Å². The number of azide groups is 1. The van der Waals surface area contributed by atoms with E-state index in [1.165, 1.54) is 13.8 Å². The average Bonchev–Trinajstić information content (AvgIpc) is 3.37. The first-order chi connectivity index (χ1) is 37.7. The van der Waals surface area contributed by atoms with Gasteiger partial charge in [-0.25, -0.2) is 0 Å². The smallest absolute Gasteiger partial charge is 0.303 e. The molecule has 0 aromatic rings. The summed E-state index contributed by atoms with van der Waals surface area (Å²) >= 11 is 18.0. The van der Waals surface area contributed by atoms with Crippen LogP contribution in [-0.4, -0.2) is 205 Å². The molecule has 0 saturated carbocycles. The zero-order valence-corrected chi connectivity index (χ0v) is 47.6. The van der Waals surface area contributed by atoms with Gasteiger partial charge in [0.15, 0.2) is 73.8 Å². The minimum Gasteiger partial charge on any atom is -0.463 e. The van der Waals surface area contributed by atoms with Crippen molar-refractivity contribution in [2.24, 2.45) is 5.11 Å². The zero-order chi connectivity index (χ0) is 61.0. The third-order valence-corrected chi connectivity index (χ3v) is 12.0. The Morgan fingerprint density at radius 1 is 0.420 bits per heavy atom. The van der Waals surface area contributed by atoms with E-state index in [2.05, 4.69) is 10.0 Å². The second kappa shape index (κ2) is 29.9. The van der Waals surface area contributed by atoms with Gasteiger partial charge in [0.05, 0.1) is 12.2 Å². The highest BCUT2D eigenvalue weighted by Crippen LogP contribution is 2.41. The van der Waals surface area contributed by atoms with Crippen molar-refractivity contribution in [1.29, 1.82) is 5.41 Å². The maximum Gasteiger partial charge on any atom is 0.303 e. The van der Waals surface area contributed by atoms with Gasteiger partial charge in [-0.15, -0.1) is 0 Å². The molecule has 20 atom stereocenters. The average molecular weight is 1220 g/mol. The normalized spacial score (nSPS) is 33.7. The van der Waals surface area contributed by atoms with E-state index < -0.39 is 205 Å². The first-order valence-corrected chi connectivity index (χ1v) is 25.4. The number of esters is 10. The summed E-state index contributed by atoms with van der Waals surface area (Å²) in [5.41, 5.74) is 10.2. The molecule has 0 aromatic heterocycles. The molecule has 0 bridgehead atoms. The summed E-state index contributed by atoms with van der Waals surface area (Å²) in [7, 11) is 0. The summed E-state index contributed by atoms with van der Waals surface area (Å²) in [4.78, 5) is 130. The lowest BCUT2D eigenvalue weighted by molar-refractivity contribution is -0.390. The van der Waals surface area contributed by atoms with Gasteiger partial charge in [0.25, 0.3) is 3.79 Å². The van der Waals surface area contributed by atoms with Crippen LogP contribution in [0.25, 0.3) is 10.4 Å². The van der Waals surface area contributed by atoms with E-state index in [9.17, 15) is 53.5 Å². The first kappa shape index (κ1) is 67.6. The van der Waals surface area contributed by atoms with Crippen molar-refractivity contribution in [3.63, 3.8) is 0 Å². The third kappa shape index (κ3) is 19.3. The Hall–Kier alpha value is -5.93. The molecule has 454 valence electrons. The molecule has 81 heavy (non-hydrogen) atoms. The summed E-state index contributed by atoms with van der Waals surface area (Å²) in [5.74, 6) is -11.1. The Labute approximate surface area is 476 Å². The Morgan fingerprint density at radius 2 is 0.728 bits per heavy atom. The van der Waals surface area contributed by atoms with Crippen LogP contribution in [-0.2, 0) is 133 Å². The standard InChI is InChI=1S/C46H61Cl3N4O28/c1-15-30(68-19(5)56)35(71-22(8)59)38(74-25(11)62)42(66-15)79-34-29(52-53-51)41(81-45(50)46(47,48)49)76-27(13-64-17(3)54)32(34)78-44-40(37(73-24(10)61)33(70-21(7)58)28(77-44)14-65-18(4)55)80-43-39(75-26(12)63)36(72-23(9)60)31(16(2)67-43)69-20(6)57/h15-16,27-44,50H,13-14H2,1-12H3/t15?,16?,27?,28?,29?,30-,31+,32+,33+,34-,35?,36-,37+,38+,39?,40?,41?,42-,43?,44+/m1/s1. The minimum atomic E-state index is -2.65. The predicted octanol–water partition coefficient (Wildman–Crippen LogP) is 1.70. The maximum absolute atomic E-state index is 13.2. The lowest BCUT2D eigenvalue weighted by Gasteiger charge is -2.51. The number of nitrogens with one attached hydrogen (secondary N) is 1. The van der Waals surface area contributed by atoms with Crippen LogP contribution in [0.15, 0.2) is 5.11 Å². The van der Waals surface area contributed by atoms with Crippen LogP contribution >= 0.6 is 34.8 Å². The van der Waals surface area contributed by atoms with Crippen molar-refractivity contribution in [2.75, 3.05) is 13.2 Å². The molecule has 4 aliphatic rings. The first-order valence-electron chi connectivity index (χ1n) is 24.3. The van der Waals surface area contributed by atoms with Crippen molar-refractivity contribution < 1.29 is 133 Å². The summed E-state index contributed by atoms with van der Waals surface area (Å²) in [6, 6.07) is -2.06. The molecular weight excluding hydrogens is 1160 g/mol. The van der Waals surface area contributed by atoms with E-state index in [4.69, 9.17) is 125 Å². The summed E-state index contributed by atoms with van der Waals surface area (Å²) < 4.78 is 103. The molecule has 0 radical (unpaired) electrons. The number of rotatable bonds is 20. The van der Waals surface area contributed by atoms with Gasteiger partial charge in [-0.2, -0.15) is 0 Å². The lowest BCUT2D eigenvalue weighted by Crippen LogP contribution is -2.69. The Balaban J connectivity index is 2.11. The molecular formula is C46H61Cl3N4O28. The van der Waals surface area contributed by atoms with Crippen LogP contribution in [0.1, 0.15) is 83.1 Å². The highest BCUT2D eigenvalue weighted by molar-refractivity contribution is 6.76. The van der Waals surface area contributed by atoms with Crippen molar-refractivity contribution >= 4 is 100 Å². The quantitative estimate of drug-likeness (QED) is 0.0265. The molecule has 0 spiro atoms. The van der Waals surface area contributed by atoms with Crippen LogP contribution < -0.4 is 0 Å². The number of ether oxygens (including phenoxy) is 18. The maximum atomic E-state index is 13.2. The molecule has 0 aromatic carbocycles. The van der Waals surface area contributed by atoms with E-state index in [1.54, 1.807) is 0 Å². The van der Waals surface area contributed by atoms with Crippen molar-refractivity contribution in [1.82, 2.24) is 0 Å². The number of carbonyl (C=O) groups is 10. The van der Waals surface area contributed by atoms with Crippen LogP contribution in [0.4, 0.5) is 0 Å². The zero-order valence-electron chi connectivity index (χ0n) is 45.4. The van der Waals surface area contributed by atoms with E-state index in [0.29, 0.717) is 0 Å². The second-order valence-electron chi connectivity index (χ2n) is 18.1. The summed E-state index contributed by atoms with van der Waals surface area (Å²) in [6.45, 7) is 10.7. The number of carbonyl (C=O) groups excluding carboxylic acids is 10. The predicted molar refractivity (Wildman–Crippen MR) is 260 cm³/mol. The van der Waals surface area contributed by atoms with Gasteiger partial charge < -0.3 is 85.3 Å². The fourth-order valence-electron chi connectivity index (χ4n) is 8.76. The van der Waals surface area contributed by atoms with Crippen molar-refractivity contribution in [3.05, 3.63) is 10.4 Å². The SMILES string of the molecule is CC(=O)OCC1OC(OC(=N)C(Cl)(Cl)Cl)C(N=[N+]=[N-])[C@@H](O[C@H]2OC(C)[C@@H](OC(C)=O)C(OC(C)=O)[C@@H]2OC(C)=O)[C@H]1O[C@@H]1OC(COC(C)=O)[C@H](OC(C)=O)[C@H](OC(C)=O)C1OC1OC(C)[C@H](OC(C)=O)[C@@H](OC(C)=O)C1OC(C)=O. The molecule has 0 aliphatic carbocycles. The Bertz CT molecular complexity index is 2390. The van der Waals surface area contributed by atoms with E-state index in [1.807, 2.05) is 0 Å². The van der Waals surface area contributed by atoms with Gasteiger partial charge >= 0.3 is 59.7 Å². The molecule has 4 heterocycles. The molecule has 4 rings (SSSR count). The minimum absolute atomic E-state index is 0.823. The fraction of sp³-hybridized carbons (Fsp3) is 0.761. The monoisotopic (exact) mass is 1220 g/mol. The number of alkyl halides is 3. The number of hydrogen-bond donors (Lipinski definition) is 1. The second-order valence-corrected chi connectivity index (χ2v) is 20.4. The lowest BCUT2D eigenvalue weighted by atomic mass is 9.94. The molecule has 35 heteroatoms. The molecule has 32 nitrogen and oxygen atoms in total. The highest BCUT2D eigenvalue weighted by atomic mass is 35.6. The van der Waals surface area contributed by atoms with Gasteiger partial charge in [0, 0.05) is 74.1 Å². The number of halogens is 3. The van der Waals surface area contributed by atoms with Crippen molar-refractivity contribution in [2.45, 2.75) is 210 Å². The molecule has 1 N–H and O–H groups in total. The Morgan fingerprint density at radius 3 is 1.10 bits per heavy atom. The van der Waals surface area contributed by atoms with Gasteiger partial charge in [-0.05, 0) is 19.4 Å². The summed E-state index contributed by atoms with van der Waals surface area (Å²) in [6.07, 6.45) is -35.3. The van der Waals surface area contributed by atoms with Crippen LogP contribution in [0.3, 0.4) is 0 Å². The van der Waals surface area contributed by atoms with E-state index in [-0.39, 0.29) is 0 Å².